The number of hydrogen-bond donors (Lipinski definition) is 1. The normalized spacial score (nSPS) is 14.2. The van der Waals surface area contributed by atoms with E-state index >= 15 is 0 Å². The molecule has 1 N–H and O–H groups in total. The van der Waals surface area contributed by atoms with E-state index in [1.54, 1.807) is 23.3 Å². The van der Waals surface area contributed by atoms with Crippen molar-refractivity contribution in [3.63, 3.8) is 0 Å². The van der Waals surface area contributed by atoms with E-state index in [1.165, 1.54) is 4.90 Å². The molecule has 104 valence electrons. The van der Waals surface area contributed by atoms with Gasteiger partial charge in [-0.15, -0.1) is 0 Å². The summed E-state index contributed by atoms with van der Waals surface area (Å²) < 4.78 is 0. The molecule has 0 aromatic carbocycles. The van der Waals surface area contributed by atoms with Crippen LogP contribution in [0.4, 0.5) is 4.79 Å². The molecule has 5 nitrogen and oxygen atoms in total. The Hall–Kier alpha value is -1.56. The minimum absolute atomic E-state index is 0.208. The fourth-order valence-corrected chi connectivity index (χ4v) is 2.61. The highest BCUT2D eigenvalue weighted by Gasteiger charge is 2.29. The number of urea groups is 1. The van der Waals surface area contributed by atoms with Crippen molar-refractivity contribution in [3.05, 3.63) is 22.4 Å². The largest absolute Gasteiger partial charge is 0.480 e. The summed E-state index contributed by atoms with van der Waals surface area (Å²) in [7, 11) is 1.71. The summed E-state index contributed by atoms with van der Waals surface area (Å²) in [5.41, 5.74) is 1.07. The lowest BCUT2D eigenvalue weighted by Crippen LogP contribution is -2.44. The van der Waals surface area contributed by atoms with Gasteiger partial charge in [0.2, 0.25) is 0 Å². The van der Waals surface area contributed by atoms with E-state index in [0.717, 1.165) is 18.4 Å². The maximum atomic E-state index is 12.3. The maximum Gasteiger partial charge on any atom is 0.323 e. The average molecular weight is 282 g/mol. The Kier molecular flexibility index (Phi) is 4.42. The molecule has 1 heterocycles. The van der Waals surface area contributed by atoms with E-state index in [4.69, 9.17) is 5.11 Å². The highest BCUT2D eigenvalue weighted by atomic mass is 32.1. The molecule has 19 heavy (non-hydrogen) atoms. The highest BCUT2D eigenvalue weighted by Crippen LogP contribution is 2.30. The van der Waals surface area contributed by atoms with Crippen LogP contribution in [0.2, 0.25) is 0 Å². The second kappa shape index (κ2) is 6.06. The van der Waals surface area contributed by atoms with Gasteiger partial charge >= 0.3 is 12.0 Å². The molecule has 0 aliphatic heterocycles. The van der Waals surface area contributed by atoms with E-state index in [1.807, 2.05) is 16.8 Å². The van der Waals surface area contributed by atoms with Crippen molar-refractivity contribution in [1.82, 2.24) is 9.80 Å². The van der Waals surface area contributed by atoms with Crippen molar-refractivity contribution in [2.45, 2.75) is 19.4 Å². The second-order valence-electron chi connectivity index (χ2n) is 4.99. The first-order chi connectivity index (χ1) is 9.06. The molecule has 1 saturated carbocycles. The first-order valence-electron chi connectivity index (χ1n) is 6.29. The number of nitrogens with zero attached hydrogens (tertiary/aromatic N) is 2. The molecule has 0 saturated heterocycles. The number of aliphatic carboxylic acids is 1. The molecule has 1 fully saturated rings. The van der Waals surface area contributed by atoms with Crippen molar-refractivity contribution in [1.29, 1.82) is 0 Å². The Labute approximate surface area is 116 Å². The lowest BCUT2D eigenvalue weighted by atomic mass is 10.3. The predicted octanol–water partition coefficient (Wildman–Crippen LogP) is 2.10. The van der Waals surface area contributed by atoms with Crippen molar-refractivity contribution >= 4 is 23.3 Å². The third-order valence-electron chi connectivity index (χ3n) is 3.10. The number of carbonyl (C=O) groups excluding carboxylic acids is 1. The van der Waals surface area contributed by atoms with Gasteiger partial charge in [-0.25, -0.2) is 4.79 Å². The van der Waals surface area contributed by atoms with Crippen molar-refractivity contribution in [3.8, 4) is 0 Å². The molecule has 1 aromatic heterocycles. The number of carboxylic acid groups (broad SMARTS) is 1. The Balaban J connectivity index is 1.94. The van der Waals surface area contributed by atoms with E-state index in [9.17, 15) is 9.59 Å². The van der Waals surface area contributed by atoms with Crippen LogP contribution in [0.3, 0.4) is 0 Å². The Morgan fingerprint density at radius 2 is 2.21 bits per heavy atom. The van der Waals surface area contributed by atoms with Crippen LogP contribution in [-0.2, 0) is 11.3 Å². The summed E-state index contributed by atoms with van der Waals surface area (Å²) in [4.78, 5) is 26.1. The number of rotatable bonds is 6. The minimum atomic E-state index is -0.960. The third kappa shape index (κ3) is 4.24. The summed E-state index contributed by atoms with van der Waals surface area (Å²) in [5.74, 6) is -0.476. The molecule has 0 radical (unpaired) electrons. The summed E-state index contributed by atoms with van der Waals surface area (Å²) in [6.07, 6.45) is 2.19. The van der Waals surface area contributed by atoms with Crippen LogP contribution in [0.1, 0.15) is 18.4 Å². The van der Waals surface area contributed by atoms with Gasteiger partial charge in [0.1, 0.15) is 6.54 Å². The van der Waals surface area contributed by atoms with Crippen LogP contribution in [0.5, 0.6) is 0 Å². The summed E-state index contributed by atoms with van der Waals surface area (Å²) >= 11 is 1.59. The summed E-state index contributed by atoms with van der Waals surface area (Å²) in [6.45, 7) is 0.853. The van der Waals surface area contributed by atoms with E-state index < -0.39 is 5.97 Å². The number of amides is 2. The Bertz CT molecular complexity index is 443. The predicted molar refractivity (Wildman–Crippen MR) is 73.1 cm³/mol. The fraction of sp³-hybridized carbons (Fsp3) is 0.538. The SMILES string of the molecule is CN(Cc1ccsc1)C(=O)N(CC(=O)O)CC1CC1. The number of carbonyl (C=O) groups is 2. The lowest BCUT2D eigenvalue weighted by molar-refractivity contribution is -0.137. The smallest absolute Gasteiger partial charge is 0.323 e. The minimum Gasteiger partial charge on any atom is -0.480 e. The van der Waals surface area contributed by atoms with Crippen LogP contribution in [-0.4, -0.2) is 47.0 Å². The van der Waals surface area contributed by atoms with Crippen LogP contribution in [0.25, 0.3) is 0 Å². The molecule has 0 spiro atoms. The zero-order valence-corrected chi connectivity index (χ0v) is 11.7. The highest BCUT2D eigenvalue weighted by molar-refractivity contribution is 7.07. The standard InChI is InChI=1S/C13H18N2O3S/c1-14(6-11-4-5-19-9-11)13(18)15(8-12(16)17)7-10-2-3-10/h4-5,9-10H,2-3,6-8H2,1H3,(H,16,17). The summed E-state index contributed by atoms with van der Waals surface area (Å²) in [5, 5.41) is 12.9. The van der Waals surface area contributed by atoms with E-state index in [0.29, 0.717) is 19.0 Å². The molecule has 1 aliphatic carbocycles. The van der Waals surface area contributed by atoms with E-state index in [-0.39, 0.29) is 12.6 Å². The van der Waals surface area contributed by atoms with Crippen molar-refractivity contribution < 1.29 is 14.7 Å². The molecule has 2 amide bonds. The third-order valence-corrected chi connectivity index (χ3v) is 3.83. The number of carboxylic acids is 1. The van der Waals surface area contributed by atoms with Crippen LogP contribution >= 0.6 is 11.3 Å². The van der Waals surface area contributed by atoms with E-state index in [2.05, 4.69) is 0 Å². The van der Waals surface area contributed by atoms with Crippen LogP contribution in [0, 0.1) is 5.92 Å². The quantitative estimate of drug-likeness (QED) is 0.869. The van der Waals surface area contributed by atoms with Gasteiger partial charge in [-0.2, -0.15) is 11.3 Å². The van der Waals surface area contributed by atoms with Gasteiger partial charge in [-0.3, -0.25) is 4.79 Å². The first-order valence-corrected chi connectivity index (χ1v) is 7.23. The van der Waals surface area contributed by atoms with Gasteiger partial charge in [0.25, 0.3) is 0 Å². The number of hydrogen-bond acceptors (Lipinski definition) is 3. The monoisotopic (exact) mass is 282 g/mol. The molecule has 0 atom stereocenters. The molecule has 1 aliphatic rings. The molecule has 0 unspecified atom stereocenters. The van der Waals surface area contributed by atoms with Gasteiger partial charge in [-0.05, 0) is 41.1 Å². The molecule has 1 aromatic rings. The maximum absolute atomic E-state index is 12.3. The topological polar surface area (TPSA) is 60.9 Å². The molecule has 6 heteroatoms. The van der Waals surface area contributed by atoms with Gasteiger partial charge in [0.15, 0.2) is 0 Å². The van der Waals surface area contributed by atoms with Crippen LogP contribution in [0.15, 0.2) is 16.8 Å². The zero-order valence-electron chi connectivity index (χ0n) is 10.9. The van der Waals surface area contributed by atoms with Gasteiger partial charge in [-0.1, -0.05) is 0 Å². The number of thiophene rings is 1. The Morgan fingerprint density at radius 3 is 2.74 bits per heavy atom. The van der Waals surface area contributed by atoms with Gasteiger partial charge in [0.05, 0.1) is 0 Å². The average Bonchev–Trinajstić information content (AvgIpc) is 3.02. The molecular formula is C13H18N2O3S. The van der Waals surface area contributed by atoms with Gasteiger partial charge < -0.3 is 14.9 Å². The lowest BCUT2D eigenvalue weighted by Gasteiger charge is -2.26. The molecule has 0 bridgehead atoms. The van der Waals surface area contributed by atoms with Crippen molar-refractivity contribution in [2.75, 3.05) is 20.1 Å². The molecular weight excluding hydrogens is 264 g/mol. The zero-order chi connectivity index (χ0) is 13.8. The summed E-state index contributed by atoms with van der Waals surface area (Å²) in [6, 6.07) is 1.76. The fourth-order valence-electron chi connectivity index (χ4n) is 1.95. The van der Waals surface area contributed by atoms with Crippen molar-refractivity contribution in [2.24, 2.45) is 5.92 Å². The Morgan fingerprint density at radius 1 is 1.47 bits per heavy atom. The second-order valence-corrected chi connectivity index (χ2v) is 5.77. The first kappa shape index (κ1) is 13.9. The molecule has 2 rings (SSSR count). The van der Waals surface area contributed by atoms with Gasteiger partial charge in [0, 0.05) is 20.1 Å². The van der Waals surface area contributed by atoms with Crippen LogP contribution < -0.4 is 0 Å².